The summed E-state index contributed by atoms with van der Waals surface area (Å²) in [4.78, 5) is 41.1. The number of imidazole rings is 1. The molecule has 0 radical (unpaired) electrons. The van der Waals surface area contributed by atoms with Crippen molar-refractivity contribution in [2.75, 3.05) is 26.2 Å². The van der Waals surface area contributed by atoms with Crippen molar-refractivity contribution in [1.29, 1.82) is 0 Å². The molecule has 1 aliphatic heterocycles. The molecule has 4 rings (SSSR count). The lowest BCUT2D eigenvalue weighted by atomic mass is 9.91. The van der Waals surface area contributed by atoms with E-state index in [4.69, 9.17) is 0 Å². The van der Waals surface area contributed by atoms with Gasteiger partial charge in [-0.1, -0.05) is 31.2 Å². The molecule has 7 nitrogen and oxygen atoms in total. The first-order valence-electron chi connectivity index (χ1n) is 10.7. The highest BCUT2D eigenvalue weighted by Crippen LogP contribution is 2.27. The van der Waals surface area contributed by atoms with E-state index in [1.54, 1.807) is 29.7 Å². The van der Waals surface area contributed by atoms with Crippen LogP contribution in [-0.4, -0.2) is 62.7 Å². The third-order valence-electron chi connectivity index (χ3n) is 5.70. The summed E-state index contributed by atoms with van der Waals surface area (Å²) in [7, 11) is 0. The van der Waals surface area contributed by atoms with E-state index in [1.807, 2.05) is 29.2 Å². The van der Waals surface area contributed by atoms with Crippen LogP contribution in [0.25, 0.3) is 11.1 Å². The van der Waals surface area contributed by atoms with Crippen LogP contribution in [0.1, 0.15) is 29.5 Å². The highest BCUT2D eigenvalue weighted by molar-refractivity contribution is 5.91. The summed E-state index contributed by atoms with van der Waals surface area (Å²) in [5.74, 6) is -0.0482. The monoisotopic (exact) mass is 417 g/mol. The number of aromatic nitrogens is 3. The van der Waals surface area contributed by atoms with Gasteiger partial charge in [-0.25, -0.2) is 4.98 Å². The molecule has 31 heavy (non-hydrogen) atoms. The largest absolute Gasteiger partial charge is 0.341 e. The highest BCUT2D eigenvalue weighted by atomic mass is 16.2. The molecule has 1 fully saturated rings. The molecule has 2 aromatic heterocycles. The first-order chi connectivity index (χ1) is 15.2. The van der Waals surface area contributed by atoms with Crippen molar-refractivity contribution in [3.05, 3.63) is 72.6 Å². The Balaban J connectivity index is 1.63. The molecule has 1 saturated heterocycles. The quantitative estimate of drug-likeness (QED) is 0.668. The number of nitrogens with zero attached hydrogens (tertiary/aromatic N) is 4. The number of aromatic amines is 1. The lowest BCUT2D eigenvalue weighted by Crippen LogP contribution is -2.38. The first-order valence-corrected chi connectivity index (χ1v) is 10.7. The van der Waals surface area contributed by atoms with Gasteiger partial charge in [0.1, 0.15) is 0 Å². The highest BCUT2D eigenvalue weighted by Gasteiger charge is 2.33. The number of pyridine rings is 1. The van der Waals surface area contributed by atoms with Crippen LogP contribution in [0, 0.1) is 5.92 Å². The van der Waals surface area contributed by atoms with Crippen molar-refractivity contribution in [1.82, 2.24) is 24.8 Å². The van der Waals surface area contributed by atoms with Crippen molar-refractivity contribution in [3.8, 4) is 11.1 Å². The van der Waals surface area contributed by atoms with E-state index >= 15 is 0 Å². The van der Waals surface area contributed by atoms with Gasteiger partial charge < -0.3 is 14.8 Å². The minimum Gasteiger partial charge on any atom is -0.341 e. The van der Waals surface area contributed by atoms with E-state index in [-0.39, 0.29) is 17.7 Å². The number of carbonyl (C=O) groups excluding carboxylic acids is 2. The molecular formula is C24H27N5O2. The van der Waals surface area contributed by atoms with Crippen molar-refractivity contribution in [3.63, 3.8) is 0 Å². The zero-order valence-electron chi connectivity index (χ0n) is 17.7. The fourth-order valence-corrected chi connectivity index (χ4v) is 4.18. The second kappa shape index (κ2) is 9.55. The van der Waals surface area contributed by atoms with Gasteiger partial charge in [-0.15, -0.1) is 0 Å². The van der Waals surface area contributed by atoms with Crippen molar-refractivity contribution in [2.24, 2.45) is 5.92 Å². The van der Waals surface area contributed by atoms with Gasteiger partial charge in [0.05, 0.1) is 5.92 Å². The molecule has 0 unspecified atom stereocenters. The number of benzene rings is 1. The standard InChI is InChI=1S/C24H27N5O2/c1-2-13-28-14-15-29(24(31)22-26-11-12-27-22)17-20(23(28)30)16-19-5-3-4-6-21(19)18-7-9-25-10-8-18/h3-12,20H,2,13-17H2,1H3,(H,26,27)/t20-/m0/s1. The van der Waals surface area contributed by atoms with Crippen LogP contribution in [0.4, 0.5) is 0 Å². The maximum Gasteiger partial charge on any atom is 0.289 e. The van der Waals surface area contributed by atoms with Gasteiger partial charge >= 0.3 is 0 Å². The zero-order valence-corrected chi connectivity index (χ0v) is 17.7. The summed E-state index contributed by atoms with van der Waals surface area (Å²) in [6.45, 7) is 4.19. The maximum absolute atomic E-state index is 13.4. The van der Waals surface area contributed by atoms with Crippen LogP contribution >= 0.6 is 0 Å². The van der Waals surface area contributed by atoms with Gasteiger partial charge in [0.25, 0.3) is 5.91 Å². The maximum atomic E-state index is 13.4. The van der Waals surface area contributed by atoms with Crippen LogP contribution in [-0.2, 0) is 11.2 Å². The predicted octanol–water partition coefficient (Wildman–Crippen LogP) is 3.03. The van der Waals surface area contributed by atoms with Gasteiger partial charge in [0.15, 0.2) is 5.82 Å². The number of hydrogen-bond acceptors (Lipinski definition) is 4. The van der Waals surface area contributed by atoms with Crippen molar-refractivity contribution < 1.29 is 9.59 Å². The molecule has 3 heterocycles. The van der Waals surface area contributed by atoms with Gasteiger partial charge in [-0.3, -0.25) is 14.6 Å². The molecule has 1 N–H and O–H groups in total. The summed E-state index contributed by atoms with van der Waals surface area (Å²) in [5.41, 5.74) is 3.25. The summed E-state index contributed by atoms with van der Waals surface area (Å²) in [6, 6.07) is 12.1. The Hall–Kier alpha value is -3.48. The molecule has 1 aliphatic rings. The Morgan fingerprint density at radius 2 is 1.94 bits per heavy atom. The van der Waals surface area contributed by atoms with Crippen LogP contribution in [0.5, 0.6) is 0 Å². The Morgan fingerprint density at radius 1 is 1.13 bits per heavy atom. The van der Waals surface area contributed by atoms with Crippen LogP contribution in [0.15, 0.2) is 61.2 Å². The van der Waals surface area contributed by atoms with Gasteiger partial charge in [-0.05, 0) is 41.7 Å². The van der Waals surface area contributed by atoms with E-state index in [0.717, 1.165) is 23.1 Å². The smallest absolute Gasteiger partial charge is 0.289 e. The fourth-order valence-electron chi connectivity index (χ4n) is 4.18. The Labute approximate surface area is 182 Å². The number of nitrogens with one attached hydrogen (secondary N) is 1. The first kappa shape index (κ1) is 20.8. The molecule has 160 valence electrons. The molecule has 3 aromatic rings. The Bertz CT molecular complexity index is 1020. The predicted molar refractivity (Wildman–Crippen MR) is 118 cm³/mol. The van der Waals surface area contributed by atoms with E-state index in [0.29, 0.717) is 38.4 Å². The lowest BCUT2D eigenvalue weighted by Gasteiger charge is -2.24. The molecule has 2 amide bonds. The topological polar surface area (TPSA) is 82.2 Å². The second-order valence-corrected chi connectivity index (χ2v) is 7.81. The van der Waals surface area contributed by atoms with E-state index in [9.17, 15) is 9.59 Å². The van der Waals surface area contributed by atoms with E-state index < -0.39 is 0 Å². The summed E-state index contributed by atoms with van der Waals surface area (Å²) >= 11 is 0. The number of hydrogen-bond donors (Lipinski definition) is 1. The van der Waals surface area contributed by atoms with E-state index in [1.165, 1.54) is 0 Å². The third-order valence-corrected chi connectivity index (χ3v) is 5.70. The van der Waals surface area contributed by atoms with Gasteiger partial charge in [0, 0.05) is 51.0 Å². The lowest BCUT2D eigenvalue weighted by molar-refractivity contribution is -0.134. The Kier molecular flexibility index (Phi) is 6.40. The number of carbonyl (C=O) groups is 2. The minimum atomic E-state index is -0.309. The van der Waals surface area contributed by atoms with Gasteiger partial charge in [-0.2, -0.15) is 0 Å². The summed E-state index contributed by atoms with van der Waals surface area (Å²) in [5, 5.41) is 0. The number of amides is 2. The normalized spacial score (nSPS) is 16.9. The van der Waals surface area contributed by atoms with E-state index in [2.05, 4.69) is 34.0 Å². The van der Waals surface area contributed by atoms with Crippen LogP contribution < -0.4 is 0 Å². The minimum absolute atomic E-state index is 0.112. The third kappa shape index (κ3) is 4.66. The second-order valence-electron chi connectivity index (χ2n) is 7.81. The molecular weight excluding hydrogens is 390 g/mol. The zero-order chi connectivity index (χ0) is 21.6. The molecule has 0 saturated carbocycles. The molecule has 0 bridgehead atoms. The molecule has 1 aromatic carbocycles. The molecule has 0 spiro atoms. The summed E-state index contributed by atoms with van der Waals surface area (Å²) < 4.78 is 0. The molecule has 1 atom stereocenters. The van der Waals surface area contributed by atoms with Gasteiger partial charge in [0.2, 0.25) is 5.91 Å². The van der Waals surface area contributed by atoms with Crippen molar-refractivity contribution in [2.45, 2.75) is 19.8 Å². The summed E-state index contributed by atoms with van der Waals surface area (Å²) in [6.07, 6.45) is 8.22. The Morgan fingerprint density at radius 3 is 2.68 bits per heavy atom. The SMILES string of the molecule is CCCN1CCN(C(=O)c2ncc[nH]2)C[C@H](Cc2ccccc2-c2ccncc2)C1=O. The van der Waals surface area contributed by atoms with Crippen LogP contribution in [0.3, 0.4) is 0 Å². The van der Waals surface area contributed by atoms with Crippen molar-refractivity contribution >= 4 is 11.8 Å². The van der Waals surface area contributed by atoms with Crippen LogP contribution in [0.2, 0.25) is 0 Å². The number of H-pyrrole nitrogens is 1. The average molecular weight is 418 g/mol. The molecule has 0 aliphatic carbocycles. The molecule has 7 heteroatoms. The average Bonchev–Trinajstić information content (AvgIpc) is 3.30. The fraction of sp³-hybridized carbons (Fsp3) is 0.333. The number of rotatable bonds is 6.